The van der Waals surface area contributed by atoms with Crippen LogP contribution in [0.3, 0.4) is 0 Å². The number of benzene rings is 1. The highest BCUT2D eigenvalue weighted by molar-refractivity contribution is 5.93. The molecule has 1 heterocycles. The topological polar surface area (TPSA) is 179 Å². The quantitative estimate of drug-likeness (QED) is 0.0837. The van der Waals surface area contributed by atoms with Crippen molar-refractivity contribution in [2.45, 2.75) is 168 Å². The molecule has 0 bridgehead atoms. The summed E-state index contributed by atoms with van der Waals surface area (Å²) in [6, 6.07) is 4.90. The van der Waals surface area contributed by atoms with Gasteiger partial charge in [0.15, 0.2) is 0 Å². The van der Waals surface area contributed by atoms with E-state index in [2.05, 4.69) is 30.8 Å². The number of hydrogen-bond donors (Lipinski definition) is 4. The van der Waals surface area contributed by atoms with Gasteiger partial charge >= 0.3 is 12.1 Å². The highest BCUT2D eigenvalue weighted by atomic mass is 16.6. The van der Waals surface area contributed by atoms with Crippen molar-refractivity contribution in [2.75, 3.05) is 20.3 Å². The van der Waals surface area contributed by atoms with Crippen molar-refractivity contribution < 1.29 is 38.2 Å². The van der Waals surface area contributed by atoms with E-state index >= 15 is 0 Å². The number of nitrogens with zero attached hydrogens (tertiary/aromatic N) is 2. The lowest BCUT2D eigenvalue weighted by Gasteiger charge is -2.29. The summed E-state index contributed by atoms with van der Waals surface area (Å²) in [4.78, 5) is 70.6. The first-order valence-electron chi connectivity index (χ1n) is 21.1. The summed E-state index contributed by atoms with van der Waals surface area (Å²) in [6.07, 6.45) is 13.1. The zero-order valence-corrected chi connectivity index (χ0v) is 36.2. The molecule has 0 spiro atoms. The summed E-state index contributed by atoms with van der Waals surface area (Å²) in [7, 11) is 1.29. The van der Waals surface area contributed by atoms with E-state index in [4.69, 9.17) is 14.2 Å². The molecule has 1 unspecified atom stereocenters. The zero-order chi connectivity index (χ0) is 42.7. The molecule has 1 aliphatic rings. The highest BCUT2D eigenvalue weighted by Gasteiger charge is 2.32. The van der Waals surface area contributed by atoms with Crippen LogP contribution in [0.2, 0.25) is 0 Å². The Balaban J connectivity index is 1.67. The van der Waals surface area contributed by atoms with Crippen LogP contribution in [-0.2, 0) is 52.8 Å². The molecule has 2 aromatic rings. The second-order valence-corrected chi connectivity index (χ2v) is 17.5. The minimum absolute atomic E-state index is 0.0516. The number of alkyl carbamates (subject to hydrolysis) is 1. The van der Waals surface area contributed by atoms with Gasteiger partial charge in [-0.05, 0) is 110 Å². The van der Waals surface area contributed by atoms with E-state index in [9.17, 15) is 24.0 Å². The van der Waals surface area contributed by atoms with Gasteiger partial charge < -0.3 is 40.0 Å². The Hall–Kier alpha value is -4.46. The van der Waals surface area contributed by atoms with E-state index < -0.39 is 53.2 Å². The lowest BCUT2D eigenvalue weighted by Crippen LogP contribution is -2.57. The minimum Gasteiger partial charge on any atom is -0.467 e. The van der Waals surface area contributed by atoms with E-state index in [-0.39, 0.29) is 31.3 Å². The molecule has 1 aromatic heterocycles. The fourth-order valence-electron chi connectivity index (χ4n) is 6.93. The second-order valence-electron chi connectivity index (χ2n) is 17.5. The molecule has 0 aliphatic heterocycles. The van der Waals surface area contributed by atoms with Crippen LogP contribution in [-0.4, -0.2) is 88.9 Å². The number of methoxy groups -OCH3 is 1. The van der Waals surface area contributed by atoms with Gasteiger partial charge in [0.25, 0.3) is 0 Å². The number of rotatable bonds is 22. The van der Waals surface area contributed by atoms with Crippen molar-refractivity contribution in [3.63, 3.8) is 0 Å². The molecule has 4 amide bonds. The first-order chi connectivity index (χ1) is 27.4. The number of ether oxygens (including phenoxy) is 3. The Morgan fingerprint density at radius 3 is 2.09 bits per heavy atom. The highest BCUT2D eigenvalue weighted by Crippen LogP contribution is 2.27. The molecule has 1 aliphatic carbocycles. The maximum atomic E-state index is 14.0. The number of amides is 4. The van der Waals surface area contributed by atoms with Crippen molar-refractivity contribution >= 4 is 29.8 Å². The van der Waals surface area contributed by atoms with Crippen molar-refractivity contribution in [1.82, 2.24) is 30.8 Å². The molecule has 0 saturated heterocycles. The normalized spacial score (nSPS) is 15.1. The molecule has 4 N–H and O–H groups in total. The van der Waals surface area contributed by atoms with Gasteiger partial charge in [-0.25, -0.2) is 14.6 Å². The molecule has 3 rings (SSSR count). The number of esters is 1. The Labute approximate surface area is 345 Å². The molecule has 58 heavy (non-hydrogen) atoms. The molecule has 324 valence electrons. The monoisotopic (exact) mass is 811 g/mol. The van der Waals surface area contributed by atoms with Crippen LogP contribution >= 0.6 is 0 Å². The van der Waals surface area contributed by atoms with Crippen LogP contribution in [0, 0.1) is 12.8 Å². The zero-order valence-electron chi connectivity index (χ0n) is 36.2. The van der Waals surface area contributed by atoms with Crippen LogP contribution in [0.25, 0.3) is 0 Å². The predicted octanol–water partition coefficient (Wildman–Crippen LogP) is 5.86. The number of imidazole rings is 1. The van der Waals surface area contributed by atoms with Gasteiger partial charge in [0.2, 0.25) is 17.7 Å². The van der Waals surface area contributed by atoms with Crippen LogP contribution in [0.4, 0.5) is 4.79 Å². The Kier molecular flexibility index (Phi) is 19.7. The Morgan fingerprint density at radius 1 is 0.810 bits per heavy atom. The molecular weight excluding hydrogens is 741 g/mol. The first-order valence-corrected chi connectivity index (χ1v) is 21.1. The van der Waals surface area contributed by atoms with Crippen molar-refractivity contribution in [2.24, 2.45) is 5.92 Å². The molecule has 14 heteroatoms. The van der Waals surface area contributed by atoms with Gasteiger partial charge in [0, 0.05) is 25.5 Å². The average molecular weight is 811 g/mol. The van der Waals surface area contributed by atoms with E-state index in [0.717, 1.165) is 69.3 Å². The number of unbranched alkanes of at least 4 members (excludes halogenated alkanes) is 2. The van der Waals surface area contributed by atoms with Gasteiger partial charge in [-0.15, -0.1) is 0 Å². The number of carbonyl (C=O) groups is 5. The molecule has 3 atom stereocenters. The molecule has 1 aromatic carbocycles. The summed E-state index contributed by atoms with van der Waals surface area (Å²) >= 11 is 0. The standard InChI is InChI=1S/C44H70N6O8/c1-31-45-25-27-50(31)26-15-13-16-32-20-22-34(23-21-32)29-38(51)47-37(30-57-43(2,3)4)40(53)48-35(19-12-14-24-46-42(55)58-44(5,6)7)39(52)49-36(41(54)56-8)28-33-17-10-9-11-18-33/h20-23,25,27,33,35-37H,9-19,24,26,28-30H2,1-8H3,(H,46,55)(H,47,51)(H,48,53)(H,49,52)/t35-,36?,37-/m0/s1. The predicted molar refractivity (Wildman–Crippen MR) is 223 cm³/mol. The van der Waals surface area contributed by atoms with Gasteiger partial charge in [-0.3, -0.25) is 14.4 Å². The van der Waals surface area contributed by atoms with Crippen LogP contribution in [0.15, 0.2) is 36.7 Å². The fraction of sp³-hybridized carbons (Fsp3) is 0.682. The lowest BCUT2D eigenvalue weighted by molar-refractivity contribution is -0.146. The lowest BCUT2D eigenvalue weighted by atomic mass is 9.84. The second kappa shape index (κ2) is 23.8. The molecule has 14 nitrogen and oxygen atoms in total. The number of hydrogen-bond acceptors (Lipinski definition) is 9. The Morgan fingerprint density at radius 2 is 1.47 bits per heavy atom. The third-order valence-corrected chi connectivity index (χ3v) is 10.1. The third kappa shape index (κ3) is 18.9. The van der Waals surface area contributed by atoms with Gasteiger partial charge in [0.1, 0.15) is 29.6 Å². The summed E-state index contributed by atoms with van der Waals surface area (Å²) < 4.78 is 18.5. The number of aryl methyl sites for hydroxylation is 3. The van der Waals surface area contributed by atoms with E-state index in [1.807, 2.05) is 64.4 Å². The first kappa shape index (κ1) is 47.9. The Bertz CT molecular complexity index is 1590. The van der Waals surface area contributed by atoms with Crippen LogP contribution in [0.5, 0.6) is 0 Å². The van der Waals surface area contributed by atoms with Crippen molar-refractivity contribution in [3.8, 4) is 0 Å². The summed E-state index contributed by atoms with van der Waals surface area (Å²) in [5.41, 5.74) is 0.733. The number of nitrogens with one attached hydrogen (secondary N) is 4. The maximum absolute atomic E-state index is 14.0. The summed E-state index contributed by atoms with van der Waals surface area (Å²) in [6.45, 7) is 14.0. The van der Waals surface area contributed by atoms with Crippen molar-refractivity contribution in [3.05, 3.63) is 53.6 Å². The molecule has 0 radical (unpaired) electrons. The fourth-order valence-corrected chi connectivity index (χ4v) is 6.93. The van der Waals surface area contributed by atoms with Gasteiger partial charge in [-0.1, -0.05) is 56.4 Å². The summed E-state index contributed by atoms with van der Waals surface area (Å²) in [5.74, 6) is -0.742. The van der Waals surface area contributed by atoms with E-state index in [1.165, 1.54) is 12.7 Å². The van der Waals surface area contributed by atoms with Crippen LogP contribution < -0.4 is 21.3 Å². The summed E-state index contributed by atoms with van der Waals surface area (Å²) in [5, 5.41) is 11.3. The molecule has 1 saturated carbocycles. The smallest absolute Gasteiger partial charge is 0.407 e. The molecular formula is C44H70N6O8. The third-order valence-electron chi connectivity index (χ3n) is 10.1. The number of carbonyl (C=O) groups excluding carboxylic acids is 5. The van der Waals surface area contributed by atoms with E-state index in [0.29, 0.717) is 25.8 Å². The van der Waals surface area contributed by atoms with E-state index in [1.54, 1.807) is 20.8 Å². The SMILES string of the molecule is COC(=O)C(CC1CCCCC1)NC(=O)[C@H](CCCCNC(=O)OC(C)(C)C)NC(=O)[C@H](COC(C)(C)C)NC(=O)Cc1ccc(CCCCn2ccnc2C)cc1. The average Bonchev–Trinajstić information content (AvgIpc) is 3.57. The van der Waals surface area contributed by atoms with Gasteiger partial charge in [-0.2, -0.15) is 0 Å². The van der Waals surface area contributed by atoms with Crippen LogP contribution in [0.1, 0.15) is 129 Å². The van der Waals surface area contributed by atoms with Gasteiger partial charge in [0.05, 0.1) is 25.7 Å². The van der Waals surface area contributed by atoms with Crippen molar-refractivity contribution in [1.29, 1.82) is 0 Å². The number of aromatic nitrogens is 2. The largest absolute Gasteiger partial charge is 0.467 e. The molecule has 1 fully saturated rings. The minimum atomic E-state index is -1.10. The maximum Gasteiger partial charge on any atom is 0.407 e.